The Morgan fingerprint density at radius 2 is 0.557 bits per heavy atom. The summed E-state index contributed by atoms with van der Waals surface area (Å²) in [6.07, 6.45) is 5.31. The fourth-order valence-electron chi connectivity index (χ4n) is 8.97. The van der Waals surface area contributed by atoms with Crippen molar-refractivity contribution in [1.29, 1.82) is 0 Å². The third-order valence-corrected chi connectivity index (χ3v) is 20.8. The van der Waals surface area contributed by atoms with Gasteiger partial charge in [-0.3, -0.25) is 9.59 Å². The van der Waals surface area contributed by atoms with Gasteiger partial charge in [0.1, 0.15) is 82.4 Å². The van der Waals surface area contributed by atoms with E-state index in [1.54, 1.807) is 69.7 Å². The van der Waals surface area contributed by atoms with Crippen molar-refractivity contribution in [3.63, 3.8) is 0 Å². The van der Waals surface area contributed by atoms with Crippen LogP contribution < -0.4 is 20.8 Å². The number of hydrogen-bond acceptors (Lipinski definition) is 31. The zero-order valence-electron chi connectivity index (χ0n) is 75.9. The molecule has 122 heavy (non-hydrogen) atoms. The van der Waals surface area contributed by atoms with Crippen LogP contribution in [0, 0.1) is 0 Å². The van der Waals surface area contributed by atoms with E-state index in [1.165, 1.54) is 0 Å². The van der Waals surface area contributed by atoms with Crippen molar-refractivity contribution >= 4 is 104 Å². The number of esters is 5. The molecule has 0 spiro atoms. The van der Waals surface area contributed by atoms with Crippen molar-refractivity contribution in [3.05, 3.63) is 85.6 Å². The van der Waals surface area contributed by atoms with E-state index in [2.05, 4.69) is 61.4 Å². The van der Waals surface area contributed by atoms with E-state index >= 15 is 0 Å². The molecular formula is C77H145N9O31S5. The van der Waals surface area contributed by atoms with Gasteiger partial charge in [-0.05, 0) is 80.1 Å². The van der Waals surface area contributed by atoms with Crippen molar-refractivity contribution in [2.45, 2.75) is 99.3 Å². The largest absolute Gasteiger partial charge is 0.748 e. The highest BCUT2D eigenvalue weighted by Gasteiger charge is 2.23. The first kappa shape index (κ1) is 128. The zero-order chi connectivity index (χ0) is 97.4. The second-order valence-corrected chi connectivity index (χ2v) is 41.0. The molecule has 0 aliphatic rings. The van der Waals surface area contributed by atoms with E-state index in [4.69, 9.17) is 18.9 Å². The average Bonchev–Trinajstić information content (AvgIpc) is 0.887. The van der Waals surface area contributed by atoms with E-state index in [-0.39, 0.29) is 89.7 Å². The molecule has 2 N–H and O–H groups in total. The fourth-order valence-corrected chi connectivity index (χ4v) is 12.1. The van der Waals surface area contributed by atoms with Gasteiger partial charge in [0.15, 0.2) is 5.88 Å². The van der Waals surface area contributed by atoms with Gasteiger partial charge in [0, 0.05) is 94.3 Å². The van der Waals surface area contributed by atoms with Gasteiger partial charge in [0.05, 0.1) is 197 Å². The summed E-state index contributed by atoms with van der Waals surface area (Å²) in [5.74, 6) is -6.56. The van der Waals surface area contributed by atoms with Crippen molar-refractivity contribution in [2.24, 2.45) is 0 Å². The van der Waals surface area contributed by atoms with Crippen LogP contribution in [0.4, 0.5) is 0 Å². The molecule has 0 aromatic carbocycles. The number of nitrogens with one attached hydrogen (secondary N) is 2. The van der Waals surface area contributed by atoms with Gasteiger partial charge in [-0.2, -0.15) is 0 Å². The molecule has 0 unspecified atom stereocenters. The Balaban J connectivity index is -0.000000254. The van der Waals surface area contributed by atoms with E-state index in [0.29, 0.717) is 155 Å². The zero-order valence-corrected chi connectivity index (χ0v) is 80.0. The summed E-state index contributed by atoms with van der Waals surface area (Å²) in [6, 6.07) is 0. The number of hydrogen-bond donors (Lipinski definition) is 2. The number of carboxylic acids is 2. The Hall–Kier alpha value is -7.32. The molecule has 45 heteroatoms. The van der Waals surface area contributed by atoms with Gasteiger partial charge in [0.25, 0.3) is 0 Å². The lowest BCUT2D eigenvalue weighted by Gasteiger charge is -2.30. The standard InChI is InChI=1S/C13H26N2O4S.C12H24N2O4S.C12H23NO5S.C11H21NO5S.C11H19NO4.C10H17NO4.C8H15NO5S/c1-12(2)13(16)14-8-7-10-15(3,4)9-5-6-11-20(17,18)19;1-11(2)12(15)13-7-9-14(3,4)8-5-6-10-19(16,17)18;1-11(2)12(14)18-9-8-13(3,4)7-5-6-10-19(15,16)17;1-10(2)11(13)17-8-7-12(3,4)6-5-9-18(14,15)16;1-9(2)11(15)16-8-7-12(3,4)6-5-10(13)14;1-8(2)10(14)15-6-5-11(3,4)7-9(12)13;1-4-8(10)14-6-5-9(2,3)7-15(11,12)13/h1,5-11H2,2-4H3,(H-,14,16,17,18,19);1,5-10H2,2-4H3,(H-,13,15,16,17,18);1,5-10H2,2-4H3;1,5-9H2,2-4H3;1,5-8H2,2-4H3;1,5-7H2,2-4H3;4H,1,5-7H2,2-3H3. The smallest absolute Gasteiger partial charge is 0.333 e. The molecular weight excluding hydrogens is 1710 g/mol. The summed E-state index contributed by atoms with van der Waals surface area (Å²) in [5, 5.41) is 26.2. The maximum absolute atomic E-state index is 11.3. The second-order valence-electron chi connectivity index (χ2n) is 33.6. The molecule has 0 fully saturated rings. The first-order chi connectivity index (χ1) is 54.8. The summed E-state index contributed by atoms with van der Waals surface area (Å²) < 4.78 is 185. The lowest BCUT2D eigenvalue weighted by molar-refractivity contribution is -0.890. The molecule has 0 aromatic rings. The van der Waals surface area contributed by atoms with Gasteiger partial charge in [-0.1, -0.05) is 46.1 Å². The lowest BCUT2D eigenvalue weighted by atomic mass is 10.2. The Labute approximate surface area is 727 Å². The quantitative estimate of drug-likeness (QED) is 0.0179. The summed E-state index contributed by atoms with van der Waals surface area (Å²) in [7, 11) is 5.37. The van der Waals surface area contributed by atoms with Crippen LogP contribution in [0.25, 0.3) is 0 Å². The molecule has 0 aromatic heterocycles. The SMILES string of the molecule is C=C(C)C(=O)NCCC[N+](C)(C)CCCCS(=O)(=O)[O-].C=C(C)C(=O)NCC[N+](C)(C)CCCCS(=O)(=O)[O-].C=C(C)C(=O)OCC[N+](C)(C)CC(=O)[O-].C=C(C)C(=O)OCC[N+](C)(C)CCC(=O)[O-].C=C(C)C(=O)OCC[N+](C)(C)CCCCS(=O)(=O)[O-].C=C(C)C(=O)OCC[N+](C)(C)CCCS(=O)(=O)[O-].C=CC(=O)OCC[N+](C)(C)CS(=O)(=O)[O-]. The Kier molecular flexibility index (Phi) is 65.7. The van der Waals surface area contributed by atoms with E-state index < -0.39 is 98.3 Å². The lowest BCUT2D eigenvalue weighted by Crippen LogP contribution is -2.50. The van der Waals surface area contributed by atoms with Crippen LogP contribution in [0.3, 0.4) is 0 Å². The van der Waals surface area contributed by atoms with Gasteiger partial charge in [0.2, 0.25) is 11.8 Å². The summed E-state index contributed by atoms with van der Waals surface area (Å²) in [5.41, 5.74) is 2.38. The molecule has 0 atom stereocenters. The van der Waals surface area contributed by atoms with Gasteiger partial charge in [-0.25, -0.2) is 66.1 Å². The highest BCUT2D eigenvalue weighted by Crippen LogP contribution is 2.10. The van der Waals surface area contributed by atoms with Crippen LogP contribution >= 0.6 is 0 Å². The molecule has 0 aliphatic carbocycles. The molecule has 0 bridgehead atoms. The Morgan fingerprint density at radius 3 is 0.836 bits per heavy atom. The molecule has 0 heterocycles. The van der Waals surface area contributed by atoms with Crippen LogP contribution in [0.1, 0.15) is 99.3 Å². The van der Waals surface area contributed by atoms with Crippen LogP contribution in [0.5, 0.6) is 0 Å². The number of carbonyl (C=O) groups excluding carboxylic acids is 9. The van der Waals surface area contributed by atoms with Gasteiger partial charge < -0.3 is 108 Å². The minimum absolute atomic E-state index is 0.00142. The normalized spacial score (nSPS) is 11.9. The molecule has 40 nitrogen and oxygen atoms in total. The van der Waals surface area contributed by atoms with Crippen molar-refractivity contribution in [2.75, 3.05) is 259 Å². The third-order valence-electron chi connectivity index (χ3n) is 16.6. The highest BCUT2D eigenvalue weighted by molar-refractivity contribution is 7.86. The number of aliphatic carboxylic acids is 2. The number of likely N-dealkylation sites (N-methyl/N-ethyl adjacent to an activating group) is 6. The Morgan fingerprint density at radius 1 is 0.303 bits per heavy atom. The van der Waals surface area contributed by atoms with E-state index in [1.807, 2.05) is 70.5 Å². The highest BCUT2D eigenvalue weighted by atomic mass is 32.2. The predicted molar refractivity (Wildman–Crippen MR) is 452 cm³/mol. The molecule has 0 saturated heterocycles. The van der Waals surface area contributed by atoms with Crippen LogP contribution in [-0.2, 0) is 117 Å². The first-order valence-corrected chi connectivity index (χ1v) is 46.5. The number of carboxylic acid groups (broad SMARTS) is 2. The number of unbranched alkanes of at least 4 members (excludes halogenated alkanes) is 3. The second kappa shape index (κ2) is 62.7. The maximum Gasteiger partial charge on any atom is 0.333 e. The minimum Gasteiger partial charge on any atom is -0.748 e. The molecule has 0 rings (SSSR count). The number of amides is 2. The number of nitrogens with zero attached hydrogens (tertiary/aromatic N) is 7. The molecule has 0 saturated carbocycles. The predicted octanol–water partition coefficient (Wildman–Crippen LogP) is -1.28. The summed E-state index contributed by atoms with van der Waals surface area (Å²) >= 11 is 0. The minimum atomic E-state index is -4.28. The van der Waals surface area contributed by atoms with Crippen molar-refractivity contribution in [3.8, 4) is 0 Å². The first-order valence-electron chi connectivity index (χ1n) is 38.6. The monoisotopic (exact) mass is 1850 g/mol. The molecule has 714 valence electrons. The Bertz CT molecular complexity index is 3870. The average molecular weight is 1850 g/mol. The topological polar surface area (TPSA) is 556 Å². The van der Waals surface area contributed by atoms with Crippen LogP contribution in [0.2, 0.25) is 0 Å². The molecule has 2 amide bonds. The molecule has 0 aliphatic heterocycles. The summed E-state index contributed by atoms with van der Waals surface area (Å²) in [6.45, 7) is 43.1. The van der Waals surface area contributed by atoms with E-state index in [0.717, 1.165) is 49.7 Å². The number of carbonyl (C=O) groups is 9. The van der Waals surface area contributed by atoms with Crippen LogP contribution in [0.15, 0.2) is 85.6 Å². The van der Waals surface area contributed by atoms with E-state index in [9.17, 15) is 118 Å². The van der Waals surface area contributed by atoms with Gasteiger partial charge in [-0.15, -0.1) is 0 Å². The van der Waals surface area contributed by atoms with Crippen molar-refractivity contribution in [1.82, 2.24) is 10.6 Å². The summed E-state index contributed by atoms with van der Waals surface area (Å²) in [4.78, 5) is 98.2. The van der Waals surface area contributed by atoms with Gasteiger partial charge >= 0.3 is 29.8 Å². The molecule has 0 radical (unpaired) electrons. The number of ether oxygens (including phenoxy) is 5. The van der Waals surface area contributed by atoms with Crippen LogP contribution in [-0.4, -0.2) is 409 Å². The maximum atomic E-state index is 11.3. The number of rotatable bonds is 55. The fraction of sp³-hybridized carbons (Fsp3) is 0.701. The van der Waals surface area contributed by atoms with Crippen molar-refractivity contribution < 1.29 is 173 Å². The third kappa shape index (κ3) is 96.5. The number of quaternary nitrogens is 7.